The Morgan fingerprint density at radius 3 is 2.75 bits per heavy atom. The zero-order valence-electron chi connectivity index (χ0n) is 11.2. The highest BCUT2D eigenvalue weighted by molar-refractivity contribution is 7.71. The monoisotopic (exact) mass is 288 g/mol. The van der Waals surface area contributed by atoms with Crippen LogP contribution >= 0.6 is 12.2 Å². The van der Waals surface area contributed by atoms with E-state index in [0.29, 0.717) is 11.9 Å². The predicted molar refractivity (Wildman–Crippen MR) is 76.1 cm³/mol. The van der Waals surface area contributed by atoms with Crippen molar-refractivity contribution in [3.63, 3.8) is 0 Å². The minimum absolute atomic E-state index is 0.558. The molecule has 4 unspecified atom stereocenters. The fraction of sp³-hybridized carbons (Fsp3) is 0.643. The number of H-pyrrole nitrogens is 1. The van der Waals surface area contributed by atoms with Gasteiger partial charge in [-0.1, -0.05) is 0 Å². The lowest BCUT2D eigenvalue weighted by Crippen LogP contribution is -2.06. The molecule has 0 aromatic carbocycles. The Balaban J connectivity index is 1.67. The van der Waals surface area contributed by atoms with Crippen molar-refractivity contribution in [3.8, 4) is 5.88 Å². The maximum atomic E-state index is 5.54. The quantitative estimate of drug-likeness (QED) is 0.863. The van der Waals surface area contributed by atoms with Crippen molar-refractivity contribution in [2.75, 3.05) is 7.11 Å². The molecule has 0 radical (unpaired) electrons. The third kappa shape index (κ3) is 1.21. The zero-order chi connectivity index (χ0) is 13.4. The molecule has 3 aliphatic carbocycles. The van der Waals surface area contributed by atoms with Gasteiger partial charge in [0.15, 0.2) is 10.4 Å². The molecule has 2 aromatic heterocycles. The summed E-state index contributed by atoms with van der Waals surface area (Å²) in [5, 5.41) is 0. The molecule has 4 atom stereocenters. The minimum atomic E-state index is 0.558. The van der Waals surface area contributed by atoms with Gasteiger partial charge in [-0.05, 0) is 55.2 Å². The van der Waals surface area contributed by atoms with Crippen LogP contribution in [-0.4, -0.2) is 26.6 Å². The van der Waals surface area contributed by atoms with Crippen LogP contribution in [0.25, 0.3) is 11.2 Å². The van der Waals surface area contributed by atoms with Crippen molar-refractivity contribution in [1.82, 2.24) is 19.5 Å². The molecule has 104 valence electrons. The Labute approximate surface area is 121 Å². The Morgan fingerprint density at radius 2 is 2.05 bits per heavy atom. The largest absolute Gasteiger partial charge is 0.479 e. The van der Waals surface area contributed by atoms with Gasteiger partial charge in [-0.3, -0.25) is 4.57 Å². The van der Waals surface area contributed by atoms with E-state index in [0.717, 1.165) is 39.6 Å². The van der Waals surface area contributed by atoms with Gasteiger partial charge in [-0.15, -0.1) is 0 Å². The predicted octanol–water partition coefficient (Wildman–Crippen LogP) is 2.71. The van der Waals surface area contributed by atoms with Crippen LogP contribution in [0.3, 0.4) is 0 Å². The van der Waals surface area contributed by atoms with Crippen molar-refractivity contribution >= 4 is 23.4 Å². The summed E-state index contributed by atoms with van der Waals surface area (Å²) >= 11 is 5.54. The second kappa shape index (κ2) is 3.61. The van der Waals surface area contributed by atoms with Crippen LogP contribution in [0.15, 0.2) is 6.33 Å². The third-order valence-electron chi connectivity index (χ3n) is 5.66. The summed E-state index contributed by atoms with van der Waals surface area (Å²) in [6.45, 7) is 0. The van der Waals surface area contributed by atoms with Crippen LogP contribution in [0.4, 0.5) is 0 Å². The second-order valence-electron chi connectivity index (χ2n) is 6.36. The Morgan fingerprint density at radius 1 is 1.30 bits per heavy atom. The third-order valence-corrected chi connectivity index (χ3v) is 5.96. The van der Waals surface area contributed by atoms with Crippen molar-refractivity contribution in [2.45, 2.75) is 25.3 Å². The summed E-state index contributed by atoms with van der Waals surface area (Å²) in [5.41, 5.74) is 1.73. The molecule has 0 aliphatic heterocycles. The number of imidazole rings is 1. The molecule has 2 bridgehead atoms. The Hall–Kier alpha value is -1.43. The summed E-state index contributed by atoms with van der Waals surface area (Å²) in [5.74, 6) is 4.09. The molecule has 5 rings (SSSR count). The summed E-state index contributed by atoms with van der Waals surface area (Å²) in [6.07, 6.45) is 5.83. The number of nitrogens with zero attached hydrogens (tertiary/aromatic N) is 3. The number of hydrogen-bond acceptors (Lipinski definition) is 4. The number of aromatic amines is 1. The molecule has 0 spiro atoms. The fourth-order valence-electron chi connectivity index (χ4n) is 4.97. The van der Waals surface area contributed by atoms with E-state index < -0.39 is 0 Å². The lowest BCUT2D eigenvalue weighted by molar-refractivity contribution is 0.401. The molecule has 3 aliphatic rings. The van der Waals surface area contributed by atoms with Gasteiger partial charge in [0.25, 0.3) is 0 Å². The lowest BCUT2D eigenvalue weighted by Gasteiger charge is -2.10. The Kier molecular flexibility index (Phi) is 2.03. The van der Waals surface area contributed by atoms with Crippen molar-refractivity contribution in [3.05, 3.63) is 11.1 Å². The first kappa shape index (κ1) is 11.3. The van der Waals surface area contributed by atoms with E-state index in [1.165, 1.54) is 19.3 Å². The van der Waals surface area contributed by atoms with Crippen LogP contribution in [0.5, 0.6) is 5.88 Å². The molecule has 3 saturated carbocycles. The number of nitrogens with one attached hydrogen (secondary N) is 1. The van der Waals surface area contributed by atoms with E-state index in [2.05, 4.69) is 19.5 Å². The molecule has 1 N–H and O–H groups in total. The van der Waals surface area contributed by atoms with Crippen LogP contribution in [0, 0.1) is 28.4 Å². The fourth-order valence-corrected chi connectivity index (χ4v) is 5.28. The molecule has 6 heteroatoms. The number of ether oxygens (including phenoxy) is 1. The average molecular weight is 288 g/mol. The average Bonchev–Trinajstić information content (AvgIpc) is 2.79. The molecule has 20 heavy (non-hydrogen) atoms. The number of fused-ring (bicyclic) bond motifs is 6. The highest BCUT2D eigenvalue weighted by atomic mass is 32.1. The van der Waals surface area contributed by atoms with Crippen molar-refractivity contribution in [2.24, 2.45) is 23.7 Å². The van der Waals surface area contributed by atoms with Crippen LogP contribution in [0.2, 0.25) is 0 Å². The summed E-state index contributed by atoms with van der Waals surface area (Å²) < 4.78 is 8.30. The number of methoxy groups -OCH3 is 1. The summed E-state index contributed by atoms with van der Waals surface area (Å²) in [4.78, 5) is 11.8. The van der Waals surface area contributed by atoms with Gasteiger partial charge in [0, 0.05) is 6.04 Å². The number of aromatic nitrogens is 4. The molecule has 2 heterocycles. The normalized spacial score (nSPS) is 37.4. The molecule has 3 fully saturated rings. The standard InChI is InChI=1S/C14H16N4OS/c1-19-13-10-12(15-5-16-13)18(14(20)17-10)11-8-6-2-3-7(4-6)9(8)11/h5-9,11H,2-4H2,1H3,(H,17,20). The van der Waals surface area contributed by atoms with E-state index in [1.807, 2.05) is 0 Å². The summed E-state index contributed by atoms with van der Waals surface area (Å²) in [6, 6.07) is 0.558. The minimum Gasteiger partial charge on any atom is -0.479 e. The first-order chi connectivity index (χ1) is 9.79. The van der Waals surface area contributed by atoms with Crippen molar-refractivity contribution < 1.29 is 4.74 Å². The Bertz CT molecular complexity index is 750. The van der Waals surface area contributed by atoms with Gasteiger partial charge < -0.3 is 9.72 Å². The highest BCUT2D eigenvalue weighted by Crippen LogP contribution is 2.71. The molecular weight excluding hydrogens is 272 g/mol. The van der Waals surface area contributed by atoms with Gasteiger partial charge in [0.1, 0.15) is 11.8 Å². The van der Waals surface area contributed by atoms with Gasteiger partial charge in [0.2, 0.25) is 5.88 Å². The van der Waals surface area contributed by atoms with Gasteiger partial charge in [-0.25, -0.2) is 4.98 Å². The summed E-state index contributed by atoms with van der Waals surface area (Å²) in [7, 11) is 1.63. The zero-order valence-corrected chi connectivity index (χ0v) is 12.1. The van der Waals surface area contributed by atoms with E-state index in [-0.39, 0.29) is 0 Å². The maximum absolute atomic E-state index is 5.54. The molecule has 0 amide bonds. The molecule has 2 aromatic rings. The van der Waals surface area contributed by atoms with E-state index in [1.54, 1.807) is 13.4 Å². The van der Waals surface area contributed by atoms with E-state index >= 15 is 0 Å². The maximum Gasteiger partial charge on any atom is 0.242 e. The van der Waals surface area contributed by atoms with Crippen LogP contribution in [0.1, 0.15) is 25.3 Å². The first-order valence-corrected chi connectivity index (χ1v) is 7.69. The van der Waals surface area contributed by atoms with Crippen LogP contribution < -0.4 is 4.74 Å². The van der Waals surface area contributed by atoms with Crippen molar-refractivity contribution in [1.29, 1.82) is 0 Å². The molecule has 5 nitrogen and oxygen atoms in total. The van der Waals surface area contributed by atoms with E-state index in [9.17, 15) is 0 Å². The van der Waals surface area contributed by atoms with E-state index in [4.69, 9.17) is 17.0 Å². The first-order valence-electron chi connectivity index (χ1n) is 7.29. The smallest absolute Gasteiger partial charge is 0.242 e. The highest BCUT2D eigenvalue weighted by Gasteiger charge is 2.66. The van der Waals surface area contributed by atoms with Crippen LogP contribution in [-0.2, 0) is 0 Å². The van der Waals surface area contributed by atoms with Gasteiger partial charge >= 0.3 is 0 Å². The molecular formula is C14H16N4OS. The number of hydrogen-bond donors (Lipinski definition) is 1. The lowest BCUT2D eigenvalue weighted by atomic mass is 10.0. The molecule has 0 saturated heterocycles. The van der Waals surface area contributed by atoms with Gasteiger partial charge in [-0.2, -0.15) is 4.98 Å². The number of rotatable bonds is 2. The SMILES string of the molecule is COc1ncnc2c1[nH]c(=S)n2C1C2C3CCC(C3)C21. The second-order valence-corrected chi connectivity index (χ2v) is 6.75. The van der Waals surface area contributed by atoms with Gasteiger partial charge in [0.05, 0.1) is 7.11 Å². The topological polar surface area (TPSA) is 55.7 Å².